The van der Waals surface area contributed by atoms with Gasteiger partial charge in [-0.25, -0.2) is 0 Å². The van der Waals surface area contributed by atoms with E-state index in [2.05, 4.69) is 32.3 Å². The number of likely N-dealkylation sites (tertiary alicyclic amines) is 1. The number of nitrogens with zero attached hydrogens (tertiary/aromatic N) is 1. The Morgan fingerprint density at radius 3 is 2.78 bits per heavy atom. The van der Waals surface area contributed by atoms with E-state index < -0.39 is 5.97 Å². The highest BCUT2D eigenvalue weighted by Crippen LogP contribution is 2.25. The quantitative estimate of drug-likeness (QED) is 0.896. The van der Waals surface area contributed by atoms with Crippen LogP contribution in [-0.4, -0.2) is 29.1 Å². The fourth-order valence-electron chi connectivity index (χ4n) is 2.42. The summed E-state index contributed by atoms with van der Waals surface area (Å²) >= 11 is 5.27. The minimum Gasteiger partial charge on any atom is -0.481 e. The van der Waals surface area contributed by atoms with Crippen molar-refractivity contribution in [3.8, 4) is 0 Å². The van der Waals surface area contributed by atoms with Crippen LogP contribution in [0.5, 0.6) is 0 Å². The van der Waals surface area contributed by atoms with E-state index in [1.165, 1.54) is 9.35 Å². The molecule has 0 aliphatic carbocycles. The fourth-order valence-corrected chi connectivity index (χ4v) is 3.91. The first-order chi connectivity index (χ1) is 8.63. The number of halogens is 1. The number of hydrogen-bond donors (Lipinski definition) is 1. The number of hydrogen-bond acceptors (Lipinski definition) is 3. The van der Waals surface area contributed by atoms with Crippen LogP contribution in [0.3, 0.4) is 0 Å². The van der Waals surface area contributed by atoms with Gasteiger partial charge in [0.25, 0.3) is 0 Å². The Balaban J connectivity index is 1.71. The van der Waals surface area contributed by atoms with Crippen LogP contribution in [0.4, 0.5) is 0 Å². The maximum absolute atomic E-state index is 10.5. The third kappa shape index (κ3) is 4.37. The van der Waals surface area contributed by atoms with Crippen LogP contribution in [0.25, 0.3) is 0 Å². The molecule has 18 heavy (non-hydrogen) atoms. The predicted octanol–water partition coefficient (Wildman–Crippen LogP) is 3.59. The molecule has 0 unspecified atom stereocenters. The minimum atomic E-state index is -0.666. The van der Waals surface area contributed by atoms with Crippen molar-refractivity contribution in [2.75, 3.05) is 13.1 Å². The van der Waals surface area contributed by atoms with Crippen molar-refractivity contribution >= 4 is 33.2 Å². The molecule has 0 saturated carbocycles. The van der Waals surface area contributed by atoms with Crippen LogP contribution in [0.15, 0.2) is 15.9 Å². The normalized spacial score (nSPS) is 18.1. The van der Waals surface area contributed by atoms with Crippen molar-refractivity contribution in [3.05, 3.63) is 20.8 Å². The molecule has 1 aliphatic heterocycles. The van der Waals surface area contributed by atoms with Gasteiger partial charge in [-0.1, -0.05) is 0 Å². The molecule has 3 nitrogen and oxygen atoms in total. The van der Waals surface area contributed by atoms with E-state index in [9.17, 15) is 4.79 Å². The number of aliphatic carboxylic acids is 1. The van der Waals surface area contributed by atoms with Crippen LogP contribution >= 0.6 is 27.3 Å². The Kier molecular flexibility index (Phi) is 5.21. The lowest BCUT2D eigenvalue weighted by molar-refractivity contribution is -0.137. The summed E-state index contributed by atoms with van der Waals surface area (Å²) < 4.78 is 1.17. The predicted molar refractivity (Wildman–Crippen MR) is 76.9 cm³/mol. The molecule has 0 bridgehead atoms. The molecule has 0 aromatic carbocycles. The molecule has 0 amide bonds. The maximum atomic E-state index is 10.5. The average Bonchev–Trinajstić information content (AvgIpc) is 2.74. The SMILES string of the molecule is O=C(O)CCC1CCN(Cc2cc(Br)cs2)CC1. The van der Waals surface area contributed by atoms with Crippen LogP contribution in [0.2, 0.25) is 0 Å². The van der Waals surface area contributed by atoms with Gasteiger partial charge >= 0.3 is 5.97 Å². The molecule has 100 valence electrons. The molecule has 0 radical (unpaired) electrons. The Hall–Kier alpha value is -0.390. The van der Waals surface area contributed by atoms with Gasteiger partial charge < -0.3 is 5.11 Å². The smallest absolute Gasteiger partial charge is 0.303 e. The van der Waals surface area contributed by atoms with Gasteiger partial charge in [-0.3, -0.25) is 9.69 Å². The Labute approximate surface area is 120 Å². The Morgan fingerprint density at radius 1 is 1.50 bits per heavy atom. The summed E-state index contributed by atoms with van der Waals surface area (Å²) in [6.07, 6.45) is 3.44. The average molecular weight is 332 g/mol. The van der Waals surface area contributed by atoms with Gasteiger partial charge in [0.2, 0.25) is 0 Å². The van der Waals surface area contributed by atoms with E-state index in [0.29, 0.717) is 12.3 Å². The summed E-state index contributed by atoms with van der Waals surface area (Å²) in [5.41, 5.74) is 0. The standard InChI is InChI=1S/C13H18BrNO2S/c14-11-7-12(18-9-11)8-15-5-3-10(4-6-15)1-2-13(16)17/h7,9-10H,1-6,8H2,(H,16,17). The zero-order valence-corrected chi connectivity index (χ0v) is 12.7. The zero-order valence-electron chi connectivity index (χ0n) is 10.3. The van der Waals surface area contributed by atoms with Crippen LogP contribution in [0.1, 0.15) is 30.6 Å². The van der Waals surface area contributed by atoms with Crippen molar-refractivity contribution in [2.24, 2.45) is 5.92 Å². The van der Waals surface area contributed by atoms with Crippen LogP contribution < -0.4 is 0 Å². The van der Waals surface area contributed by atoms with Crippen molar-refractivity contribution in [3.63, 3.8) is 0 Å². The minimum absolute atomic E-state index is 0.322. The second-order valence-electron chi connectivity index (χ2n) is 4.88. The highest BCUT2D eigenvalue weighted by Gasteiger charge is 2.20. The third-order valence-corrected chi connectivity index (χ3v) is 5.16. The summed E-state index contributed by atoms with van der Waals surface area (Å²) in [5, 5.41) is 10.8. The second-order valence-corrected chi connectivity index (χ2v) is 6.79. The maximum Gasteiger partial charge on any atom is 0.303 e. The number of thiophene rings is 1. The highest BCUT2D eigenvalue weighted by molar-refractivity contribution is 9.10. The van der Waals surface area contributed by atoms with Gasteiger partial charge in [0.05, 0.1) is 0 Å². The summed E-state index contributed by atoms with van der Waals surface area (Å²) in [7, 11) is 0. The van der Waals surface area contributed by atoms with Crippen LogP contribution in [0, 0.1) is 5.92 Å². The first-order valence-electron chi connectivity index (χ1n) is 6.30. The Morgan fingerprint density at radius 2 is 2.22 bits per heavy atom. The van der Waals surface area contributed by atoms with Crippen molar-refractivity contribution < 1.29 is 9.90 Å². The number of rotatable bonds is 5. The van der Waals surface area contributed by atoms with E-state index in [1.807, 2.05) is 0 Å². The summed E-state index contributed by atoms with van der Waals surface area (Å²) in [5.74, 6) is -0.0618. The van der Waals surface area contributed by atoms with E-state index in [-0.39, 0.29) is 0 Å². The second kappa shape index (κ2) is 6.68. The molecule has 1 saturated heterocycles. The fraction of sp³-hybridized carbons (Fsp3) is 0.615. The molecule has 1 N–H and O–H groups in total. The van der Waals surface area contributed by atoms with Gasteiger partial charge in [-0.15, -0.1) is 11.3 Å². The van der Waals surface area contributed by atoms with E-state index in [4.69, 9.17) is 5.11 Å². The highest BCUT2D eigenvalue weighted by atomic mass is 79.9. The summed E-state index contributed by atoms with van der Waals surface area (Å²) in [4.78, 5) is 14.4. The molecule has 1 aliphatic rings. The van der Waals surface area contributed by atoms with Gasteiger partial charge in [-0.2, -0.15) is 0 Å². The van der Waals surface area contributed by atoms with Gasteiger partial charge in [-0.05, 0) is 60.3 Å². The lowest BCUT2D eigenvalue weighted by atomic mass is 9.92. The molecule has 2 rings (SSSR count). The van der Waals surface area contributed by atoms with Crippen molar-refractivity contribution in [1.29, 1.82) is 0 Å². The van der Waals surface area contributed by atoms with Crippen molar-refractivity contribution in [1.82, 2.24) is 4.90 Å². The van der Waals surface area contributed by atoms with E-state index in [0.717, 1.165) is 38.9 Å². The van der Waals surface area contributed by atoms with Crippen LogP contribution in [-0.2, 0) is 11.3 Å². The molecule has 1 aromatic heterocycles. The molecule has 5 heteroatoms. The topological polar surface area (TPSA) is 40.5 Å². The first-order valence-corrected chi connectivity index (χ1v) is 7.98. The zero-order chi connectivity index (χ0) is 13.0. The first kappa shape index (κ1) is 14.0. The molecular weight excluding hydrogens is 314 g/mol. The summed E-state index contributed by atoms with van der Waals surface area (Å²) in [6.45, 7) is 3.22. The summed E-state index contributed by atoms with van der Waals surface area (Å²) in [6, 6.07) is 2.18. The third-order valence-electron chi connectivity index (χ3n) is 3.47. The van der Waals surface area contributed by atoms with Crippen molar-refractivity contribution in [2.45, 2.75) is 32.2 Å². The monoisotopic (exact) mass is 331 g/mol. The Bertz CT molecular complexity index is 399. The van der Waals surface area contributed by atoms with Gasteiger partial charge in [0, 0.05) is 27.7 Å². The molecule has 1 aromatic rings. The lowest BCUT2D eigenvalue weighted by Gasteiger charge is -2.31. The van der Waals surface area contributed by atoms with Gasteiger partial charge in [0.15, 0.2) is 0 Å². The van der Waals surface area contributed by atoms with Gasteiger partial charge in [0.1, 0.15) is 0 Å². The van der Waals surface area contributed by atoms with E-state index in [1.54, 1.807) is 11.3 Å². The molecular formula is C13H18BrNO2S. The van der Waals surface area contributed by atoms with E-state index >= 15 is 0 Å². The largest absolute Gasteiger partial charge is 0.481 e. The number of carbonyl (C=O) groups is 1. The lowest BCUT2D eigenvalue weighted by Crippen LogP contribution is -2.33. The number of carboxylic acids is 1. The number of carboxylic acid groups (broad SMARTS) is 1. The molecule has 1 fully saturated rings. The molecule has 0 spiro atoms. The molecule has 2 heterocycles. The number of piperidine rings is 1. The molecule has 0 atom stereocenters.